The third-order valence-corrected chi connectivity index (χ3v) is 1.56. The highest BCUT2D eigenvalue weighted by Gasteiger charge is 2.42. The second kappa shape index (κ2) is 4.51. The fourth-order valence-electron chi connectivity index (χ4n) is 0.850. The van der Waals surface area contributed by atoms with E-state index in [1.54, 1.807) is 0 Å². The molecular formula is C8H9F2N5O. The summed E-state index contributed by atoms with van der Waals surface area (Å²) in [7, 11) is 0. The highest BCUT2D eigenvalue weighted by molar-refractivity contribution is 5.86. The van der Waals surface area contributed by atoms with E-state index in [-0.39, 0.29) is 0 Å². The van der Waals surface area contributed by atoms with Crippen LogP contribution in [0.25, 0.3) is 0 Å². The summed E-state index contributed by atoms with van der Waals surface area (Å²) in [5.41, 5.74) is 10.6. The molecule has 0 saturated heterocycles. The van der Waals surface area contributed by atoms with Gasteiger partial charge >= 0.3 is 11.8 Å². The largest absolute Gasteiger partial charge is 0.369 e. The maximum Gasteiger partial charge on any atom is 0.367 e. The van der Waals surface area contributed by atoms with E-state index in [2.05, 4.69) is 10.1 Å². The number of hydrogen-bond donors (Lipinski definition) is 3. The molecule has 0 aliphatic heterocycles. The zero-order valence-electron chi connectivity index (χ0n) is 8.02. The molecule has 16 heavy (non-hydrogen) atoms. The van der Waals surface area contributed by atoms with Gasteiger partial charge in [-0.1, -0.05) is 6.07 Å². The number of aromatic nitrogens is 1. The minimum Gasteiger partial charge on any atom is -0.369 e. The number of nitrogens with one attached hydrogen (secondary N) is 1. The van der Waals surface area contributed by atoms with Crippen LogP contribution in [0.2, 0.25) is 0 Å². The molecule has 5 N–H and O–H groups in total. The fraction of sp³-hybridized carbons (Fsp3) is 0.125. The molecular weight excluding hydrogens is 220 g/mol. The van der Waals surface area contributed by atoms with E-state index in [0.29, 0.717) is 0 Å². The van der Waals surface area contributed by atoms with Gasteiger partial charge in [-0.3, -0.25) is 9.78 Å². The molecule has 0 bridgehead atoms. The molecule has 0 saturated carbocycles. The molecule has 0 spiro atoms. The Balaban J connectivity index is 2.86. The van der Waals surface area contributed by atoms with Crippen LogP contribution >= 0.6 is 0 Å². The molecule has 6 nitrogen and oxygen atoms in total. The Kier molecular flexibility index (Phi) is 3.33. The van der Waals surface area contributed by atoms with Gasteiger partial charge in [-0.05, 0) is 12.1 Å². The van der Waals surface area contributed by atoms with Crippen LogP contribution in [-0.2, 0) is 10.7 Å². The normalized spacial score (nSPS) is 10.6. The van der Waals surface area contributed by atoms with Gasteiger partial charge in [0.2, 0.25) is 5.96 Å². The second-order valence-electron chi connectivity index (χ2n) is 2.77. The standard InChI is InChI=1S/C8H9F2N5O/c9-8(10,5-3-1-2-4-13-5)6(16)14-15-7(11)12/h1-4H,(H,14,16)(H4,11,12,15). The van der Waals surface area contributed by atoms with Crippen LogP contribution in [0.3, 0.4) is 0 Å². The Morgan fingerprint density at radius 3 is 2.62 bits per heavy atom. The van der Waals surface area contributed by atoms with Crippen molar-refractivity contribution in [2.24, 2.45) is 16.6 Å². The van der Waals surface area contributed by atoms with Crippen LogP contribution in [0.5, 0.6) is 0 Å². The third kappa shape index (κ3) is 2.62. The van der Waals surface area contributed by atoms with Crippen LogP contribution in [0.15, 0.2) is 29.5 Å². The first-order valence-electron chi connectivity index (χ1n) is 4.13. The smallest absolute Gasteiger partial charge is 0.367 e. The summed E-state index contributed by atoms with van der Waals surface area (Å²) in [5, 5.41) is 2.98. The van der Waals surface area contributed by atoms with Gasteiger partial charge in [0.1, 0.15) is 5.69 Å². The van der Waals surface area contributed by atoms with Gasteiger partial charge in [-0.2, -0.15) is 8.78 Å². The monoisotopic (exact) mass is 229 g/mol. The average Bonchev–Trinajstić information content (AvgIpc) is 2.27. The van der Waals surface area contributed by atoms with Crippen molar-refractivity contribution in [2.45, 2.75) is 5.92 Å². The molecule has 0 aliphatic rings. The summed E-state index contributed by atoms with van der Waals surface area (Å²) in [4.78, 5) is 14.4. The number of halogens is 2. The molecule has 1 amide bonds. The van der Waals surface area contributed by atoms with Crippen LogP contribution in [0.4, 0.5) is 8.78 Å². The van der Waals surface area contributed by atoms with Crippen molar-refractivity contribution >= 4 is 11.9 Å². The number of nitrogens with zero attached hydrogens (tertiary/aromatic N) is 2. The number of carbonyl (C=O) groups excluding carboxylic acids is 1. The molecule has 0 fully saturated rings. The minimum absolute atomic E-state index is 0.523. The predicted molar refractivity (Wildman–Crippen MR) is 52.1 cm³/mol. The zero-order chi connectivity index (χ0) is 12.2. The van der Waals surface area contributed by atoms with E-state index in [1.807, 2.05) is 0 Å². The number of rotatable bonds is 3. The molecule has 1 rings (SSSR count). The lowest BCUT2D eigenvalue weighted by atomic mass is 10.2. The topological polar surface area (TPSA) is 106 Å². The lowest BCUT2D eigenvalue weighted by Gasteiger charge is -2.12. The van der Waals surface area contributed by atoms with Crippen LogP contribution in [0.1, 0.15) is 5.69 Å². The quantitative estimate of drug-likeness (QED) is 0.368. The Morgan fingerprint density at radius 1 is 1.44 bits per heavy atom. The van der Waals surface area contributed by atoms with Gasteiger partial charge in [-0.25, -0.2) is 5.43 Å². The van der Waals surface area contributed by atoms with Crippen LogP contribution < -0.4 is 16.9 Å². The fourth-order valence-corrected chi connectivity index (χ4v) is 0.850. The predicted octanol–water partition coefficient (Wildman–Crippen LogP) is -0.522. The van der Waals surface area contributed by atoms with Crippen LogP contribution in [-0.4, -0.2) is 16.9 Å². The van der Waals surface area contributed by atoms with Gasteiger partial charge in [0.05, 0.1) is 0 Å². The van der Waals surface area contributed by atoms with Crippen molar-refractivity contribution < 1.29 is 13.6 Å². The summed E-state index contributed by atoms with van der Waals surface area (Å²) in [6, 6.07) is 3.81. The van der Waals surface area contributed by atoms with Crippen molar-refractivity contribution in [3.63, 3.8) is 0 Å². The lowest BCUT2D eigenvalue weighted by Crippen LogP contribution is -2.38. The number of amides is 1. The summed E-state index contributed by atoms with van der Waals surface area (Å²) in [6.07, 6.45) is 1.15. The van der Waals surface area contributed by atoms with E-state index in [9.17, 15) is 13.6 Å². The van der Waals surface area contributed by atoms with Gasteiger partial charge in [-0.15, -0.1) is 5.10 Å². The number of hydrogen-bond acceptors (Lipinski definition) is 3. The summed E-state index contributed by atoms with van der Waals surface area (Å²) in [5.74, 6) is -5.97. The number of pyridine rings is 1. The molecule has 0 atom stereocenters. The Labute approximate surface area is 89.3 Å². The molecule has 86 valence electrons. The van der Waals surface area contributed by atoms with Crippen LogP contribution in [0, 0.1) is 0 Å². The third-order valence-electron chi connectivity index (χ3n) is 1.56. The van der Waals surface area contributed by atoms with Gasteiger partial charge < -0.3 is 11.5 Å². The molecule has 0 unspecified atom stereocenters. The number of nitrogens with two attached hydrogens (primary N) is 2. The highest BCUT2D eigenvalue weighted by atomic mass is 19.3. The van der Waals surface area contributed by atoms with Gasteiger partial charge in [0.25, 0.3) is 0 Å². The summed E-state index contributed by atoms with van der Waals surface area (Å²) in [6.45, 7) is 0. The first-order chi connectivity index (χ1) is 7.44. The first-order valence-corrected chi connectivity index (χ1v) is 4.13. The second-order valence-corrected chi connectivity index (χ2v) is 2.77. The van der Waals surface area contributed by atoms with Crippen molar-refractivity contribution in [2.75, 3.05) is 0 Å². The van der Waals surface area contributed by atoms with Gasteiger partial charge in [0.15, 0.2) is 0 Å². The first kappa shape index (κ1) is 11.8. The maximum atomic E-state index is 13.4. The summed E-state index contributed by atoms with van der Waals surface area (Å²) < 4.78 is 26.7. The van der Waals surface area contributed by atoms with E-state index in [4.69, 9.17) is 11.5 Å². The Hall–Kier alpha value is -2.25. The molecule has 0 radical (unpaired) electrons. The number of guanidine groups is 1. The van der Waals surface area contributed by atoms with Crippen molar-refractivity contribution in [1.29, 1.82) is 0 Å². The SMILES string of the molecule is NC(N)=NNC(=O)C(F)(F)c1ccccn1. The molecule has 1 aromatic rings. The average molecular weight is 229 g/mol. The number of hydrazone groups is 1. The summed E-state index contributed by atoms with van der Waals surface area (Å²) >= 11 is 0. The molecule has 1 aromatic heterocycles. The molecule has 1 heterocycles. The van der Waals surface area contributed by atoms with Gasteiger partial charge in [0, 0.05) is 6.20 Å². The lowest BCUT2D eigenvalue weighted by molar-refractivity contribution is -0.147. The molecule has 0 aliphatic carbocycles. The van der Waals surface area contributed by atoms with E-state index < -0.39 is 23.5 Å². The maximum absolute atomic E-state index is 13.4. The zero-order valence-corrected chi connectivity index (χ0v) is 8.02. The Morgan fingerprint density at radius 2 is 2.12 bits per heavy atom. The minimum atomic E-state index is -3.79. The number of alkyl halides is 2. The van der Waals surface area contributed by atoms with Crippen molar-refractivity contribution in [3.8, 4) is 0 Å². The number of carbonyl (C=O) groups is 1. The molecule has 0 aromatic carbocycles. The molecule has 8 heteroatoms. The highest BCUT2D eigenvalue weighted by Crippen LogP contribution is 2.25. The van der Waals surface area contributed by atoms with E-state index >= 15 is 0 Å². The van der Waals surface area contributed by atoms with Crippen molar-refractivity contribution in [1.82, 2.24) is 10.4 Å². The van der Waals surface area contributed by atoms with Crippen molar-refractivity contribution in [3.05, 3.63) is 30.1 Å². The van der Waals surface area contributed by atoms with E-state index in [0.717, 1.165) is 12.3 Å². The Bertz CT molecular complexity index is 402. The van der Waals surface area contributed by atoms with E-state index in [1.165, 1.54) is 17.6 Å².